The topological polar surface area (TPSA) is 97.6 Å². The summed E-state index contributed by atoms with van der Waals surface area (Å²) in [5.74, 6) is -0.817. The third-order valence-corrected chi connectivity index (χ3v) is 6.16. The number of fused-ring (bicyclic) bond motifs is 3. The van der Waals surface area contributed by atoms with Gasteiger partial charge in [-0.1, -0.05) is 24.3 Å². The second-order valence-electron chi connectivity index (χ2n) is 7.08. The molecule has 1 aromatic heterocycles. The maximum Gasteiger partial charge on any atom is 0.405 e. The van der Waals surface area contributed by atoms with E-state index < -0.39 is 28.7 Å². The predicted octanol–water partition coefficient (Wildman–Crippen LogP) is 4.69. The van der Waals surface area contributed by atoms with Gasteiger partial charge < -0.3 is 14.5 Å². The summed E-state index contributed by atoms with van der Waals surface area (Å²) < 4.78 is 76.5. The lowest BCUT2D eigenvalue weighted by atomic mass is 10.1. The molecule has 0 aliphatic heterocycles. The van der Waals surface area contributed by atoms with Gasteiger partial charge in [0.1, 0.15) is 23.5 Å². The number of alkyl halides is 3. The number of methoxy groups -OCH3 is 1. The Morgan fingerprint density at radius 3 is 2.48 bits per heavy atom. The number of para-hydroxylation sites is 1. The van der Waals surface area contributed by atoms with Crippen molar-refractivity contribution >= 4 is 43.6 Å². The summed E-state index contributed by atoms with van der Waals surface area (Å²) in [5, 5.41) is 3.27. The summed E-state index contributed by atoms with van der Waals surface area (Å²) >= 11 is 0. The average Bonchev–Trinajstić information content (AvgIpc) is 3.13. The van der Waals surface area contributed by atoms with E-state index in [2.05, 4.69) is 4.72 Å². The zero-order valence-electron chi connectivity index (χ0n) is 17.1. The van der Waals surface area contributed by atoms with Crippen LogP contribution in [0.25, 0.3) is 21.9 Å². The van der Waals surface area contributed by atoms with Gasteiger partial charge in [0.2, 0.25) is 0 Å². The van der Waals surface area contributed by atoms with E-state index in [0.717, 1.165) is 16.8 Å². The van der Waals surface area contributed by atoms with Crippen LogP contribution in [0, 0.1) is 0 Å². The molecule has 7 nitrogen and oxygen atoms in total. The molecule has 4 aromatic rings. The van der Waals surface area contributed by atoms with Crippen LogP contribution in [-0.4, -0.2) is 34.2 Å². The summed E-state index contributed by atoms with van der Waals surface area (Å²) in [6.45, 7) is -1.53. The summed E-state index contributed by atoms with van der Waals surface area (Å²) in [5.41, 5.74) is 0.903. The van der Waals surface area contributed by atoms with Crippen LogP contribution < -0.4 is 14.8 Å². The highest BCUT2D eigenvalue weighted by Gasteiger charge is 2.28. The molecule has 0 saturated heterocycles. The van der Waals surface area contributed by atoms with E-state index >= 15 is 0 Å². The zero-order valence-corrected chi connectivity index (χ0v) is 17.9. The molecule has 0 aliphatic carbocycles. The van der Waals surface area contributed by atoms with Crippen molar-refractivity contribution in [3.05, 3.63) is 66.2 Å². The number of hydrogen-bond acceptors (Lipinski definition) is 5. The molecule has 0 saturated carbocycles. The Balaban J connectivity index is 1.66. The number of carbonyl (C=O) groups is 1. The van der Waals surface area contributed by atoms with Crippen LogP contribution in [0.15, 0.2) is 70.0 Å². The van der Waals surface area contributed by atoms with Crippen LogP contribution >= 0.6 is 0 Å². The molecule has 11 heteroatoms. The molecule has 172 valence electrons. The van der Waals surface area contributed by atoms with Gasteiger partial charge in [0.05, 0.1) is 17.7 Å². The maximum atomic E-state index is 13.0. The predicted molar refractivity (Wildman–Crippen MR) is 116 cm³/mol. The number of sulfonamides is 1. The Hall–Kier alpha value is -3.73. The van der Waals surface area contributed by atoms with Crippen molar-refractivity contribution in [1.82, 2.24) is 5.32 Å². The second-order valence-corrected chi connectivity index (χ2v) is 8.76. The van der Waals surface area contributed by atoms with Gasteiger partial charge >= 0.3 is 6.18 Å². The first-order valence-electron chi connectivity index (χ1n) is 9.54. The largest absolute Gasteiger partial charge is 0.495 e. The van der Waals surface area contributed by atoms with E-state index in [1.165, 1.54) is 31.4 Å². The molecule has 0 unspecified atom stereocenters. The Morgan fingerprint density at radius 2 is 1.76 bits per heavy atom. The molecule has 33 heavy (non-hydrogen) atoms. The Bertz CT molecular complexity index is 1460. The van der Waals surface area contributed by atoms with Crippen molar-refractivity contribution in [2.75, 3.05) is 18.4 Å². The molecule has 1 heterocycles. The summed E-state index contributed by atoms with van der Waals surface area (Å²) in [7, 11) is -2.84. The van der Waals surface area contributed by atoms with Crippen molar-refractivity contribution < 1.29 is 35.5 Å². The second kappa shape index (κ2) is 8.32. The van der Waals surface area contributed by atoms with Crippen LogP contribution in [0.3, 0.4) is 0 Å². The van der Waals surface area contributed by atoms with Crippen LogP contribution in [0.2, 0.25) is 0 Å². The molecule has 0 aliphatic rings. The van der Waals surface area contributed by atoms with E-state index in [9.17, 15) is 26.4 Å². The van der Waals surface area contributed by atoms with Gasteiger partial charge in [0.25, 0.3) is 15.9 Å². The number of amides is 1. The number of rotatable bonds is 6. The number of furan rings is 1. The van der Waals surface area contributed by atoms with Gasteiger partial charge in [-0.2, -0.15) is 13.2 Å². The number of carbonyl (C=O) groups excluding carboxylic acids is 1. The van der Waals surface area contributed by atoms with Gasteiger partial charge in [0.15, 0.2) is 0 Å². The van der Waals surface area contributed by atoms with Crippen LogP contribution in [0.5, 0.6) is 5.75 Å². The molecule has 0 spiro atoms. The molecule has 1 amide bonds. The van der Waals surface area contributed by atoms with Crippen LogP contribution in [-0.2, 0) is 10.0 Å². The Kier molecular flexibility index (Phi) is 5.66. The van der Waals surface area contributed by atoms with Crippen molar-refractivity contribution in [1.29, 1.82) is 0 Å². The quantitative estimate of drug-likeness (QED) is 0.419. The minimum absolute atomic E-state index is 0.0935. The van der Waals surface area contributed by atoms with E-state index in [-0.39, 0.29) is 21.9 Å². The van der Waals surface area contributed by atoms with Crippen molar-refractivity contribution in [2.24, 2.45) is 0 Å². The van der Waals surface area contributed by atoms with Crippen molar-refractivity contribution in [2.45, 2.75) is 11.1 Å². The van der Waals surface area contributed by atoms with E-state index in [1.54, 1.807) is 17.4 Å². The lowest BCUT2D eigenvalue weighted by Crippen LogP contribution is -2.33. The fraction of sp³-hybridized carbons (Fsp3) is 0.136. The highest BCUT2D eigenvalue weighted by Crippen LogP contribution is 2.37. The third kappa shape index (κ3) is 4.72. The molecular weight excluding hydrogens is 461 g/mol. The Morgan fingerprint density at radius 1 is 1.00 bits per heavy atom. The Labute approximate surface area is 186 Å². The van der Waals surface area contributed by atoms with Crippen molar-refractivity contribution in [3.8, 4) is 5.75 Å². The highest BCUT2D eigenvalue weighted by molar-refractivity contribution is 7.92. The normalized spacial score (nSPS) is 12.1. The number of benzene rings is 3. The van der Waals surface area contributed by atoms with Crippen molar-refractivity contribution in [3.63, 3.8) is 0 Å². The molecule has 3 aromatic carbocycles. The first kappa shape index (κ1) is 22.5. The molecule has 0 radical (unpaired) electrons. The monoisotopic (exact) mass is 478 g/mol. The first-order chi connectivity index (χ1) is 15.6. The van der Waals surface area contributed by atoms with Crippen LogP contribution in [0.1, 0.15) is 10.4 Å². The number of hydrogen-bond donors (Lipinski definition) is 2. The van der Waals surface area contributed by atoms with Gasteiger partial charge in [-0.15, -0.1) is 0 Å². The maximum absolute atomic E-state index is 13.0. The SMILES string of the molecule is COc1cc2c(cc1NS(=O)(=O)c1cccc(C(=O)NCC(F)(F)F)c1)oc1ccccc12. The number of ether oxygens (including phenoxy) is 1. The minimum Gasteiger partial charge on any atom is -0.495 e. The summed E-state index contributed by atoms with van der Waals surface area (Å²) in [6.07, 6.45) is -4.59. The lowest BCUT2D eigenvalue weighted by Gasteiger charge is -2.13. The fourth-order valence-electron chi connectivity index (χ4n) is 3.29. The highest BCUT2D eigenvalue weighted by atomic mass is 32.2. The minimum atomic E-state index is -4.59. The lowest BCUT2D eigenvalue weighted by molar-refractivity contribution is -0.123. The summed E-state index contributed by atoms with van der Waals surface area (Å²) in [4.78, 5) is 11.7. The molecular formula is C22H17F3N2O5S. The zero-order chi connectivity index (χ0) is 23.8. The molecule has 0 fully saturated rings. The van der Waals surface area contributed by atoms with Gasteiger partial charge in [-0.25, -0.2) is 8.42 Å². The molecule has 0 bridgehead atoms. The van der Waals surface area contributed by atoms with E-state index in [4.69, 9.17) is 9.15 Å². The third-order valence-electron chi connectivity index (χ3n) is 4.80. The molecule has 0 atom stereocenters. The smallest absolute Gasteiger partial charge is 0.405 e. The number of anilines is 1. The average molecular weight is 478 g/mol. The summed E-state index contributed by atoms with van der Waals surface area (Å²) in [6, 6.07) is 15.1. The van der Waals surface area contributed by atoms with Gasteiger partial charge in [-0.05, 0) is 30.3 Å². The first-order valence-corrected chi connectivity index (χ1v) is 11.0. The number of halogens is 3. The van der Waals surface area contributed by atoms with Gasteiger partial charge in [-0.3, -0.25) is 9.52 Å². The molecule has 2 N–H and O–H groups in total. The van der Waals surface area contributed by atoms with Crippen LogP contribution in [0.4, 0.5) is 18.9 Å². The van der Waals surface area contributed by atoms with E-state index in [0.29, 0.717) is 11.2 Å². The van der Waals surface area contributed by atoms with Gasteiger partial charge in [0, 0.05) is 22.4 Å². The fourth-order valence-corrected chi connectivity index (χ4v) is 4.40. The molecule has 4 rings (SSSR count). The van der Waals surface area contributed by atoms with E-state index in [1.807, 2.05) is 18.2 Å². The number of nitrogens with one attached hydrogen (secondary N) is 2. The standard InChI is InChI=1S/C22H17F3N2O5S/c1-31-20-10-16-15-7-2-3-8-18(15)32-19(16)11-17(20)27-33(29,30)14-6-4-5-13(9-14)21(28)26-12-22(23,24)25/h2-11,27H,12H2,1H3,(H,26,28).